The van der Waals surface area contributed by atoms with E-state index in [9.17, 15) is 9.18 Å². The molecule has 1 amide bonds. The van der Waals surface area contributed by atoms with E-state index in [1.165, 1.54) is 12.1 Å². The van der Waals surface area contributed by atoms with Crippen molar-refractivity contribution in [2.45, 2.75) is 32.4 Å². The summed E-state index contributed by atoms with van der Waals surface area (Å²) in [5, 5.41) is 2.72. The summed E-state index contributed by atoms with van der Waals surface area (Å²) in [6.07, 6.45) is -0.665. The van der Waals surface area contributed by atoms with Crippen LogP contribution in [0.25, 0.3) is 0 Å². The Kier molecular flexibility index (Phi) is 5.14. The first kappa shape index (κ1) is 15.7. The first-order chi connectivity index (χ1) is 8.74. The van der Waals surface area contributed by atoms with E-state index in [4.69, 9.17) is 22.1 Å². The molecule has 1 aromatic rings. The molecule has 106 valence electrons. The number of nitrogens with one attached hydrogen (secondary N) is 1. The van der Waals surface area contributed by atoms with Crippen LogP contribution in [-0.2, 0) is 4.74 Å². The number of amides is 1. The van der Waals surface area contributed by atoms with Crippen LogP contribution < -0.4 is 11.1 Å². The van der Waals surface area contributed by atoms with Crippen molar-refractivity contribution in [2.24, 2.45) is 5.73 Å². The Labute approximate surface area is 117 Å². The molecule has 0 saturated carbocycles. The molecule has 1 aromatic carbocycles. The molecule has 0 aliphatic heterocycles. The average Bonchev–Trinajstić information content (AvgIpc) is 2.24. The van der Waals surface area contributed by atoms with Crippen molar-refractivity contribution in [1.82, 2.24) is 5.32 Å². The standard InChI is InChI=1S/C13H18ClFN2O2/c1-13(2,3)19-12(18)17-10(7-16)11-8(14)5-4-6-9(11)15/h4-6,10H,7,16H2,1-3H3,(H,17,18). The third-order valence-electron chi connectivity index (χ3n) is 2.27. The molecule has 0 fully saturated rings. The van der Waals surface area contributed by atoms with Gasteiger partial charge in [-0.15, -0.1) is 0 Å². The van der Waals surface area contributed by atoms with E-state index in [1.54, 1.807) is 26.8 Å². The number of carbonyl (C=O) groups excluding carboxylic acids is 1. The van der Waals surface area contributed by atoms with Gasteiger partial charge in [0.15, 0.2) is 0 Å². The molecule has 1 atom stereocenters. The third kappa shape index (κ3) is 4.69. The van der Waals surface area contributed by atoms with Gasteiger partial charge in [-0.05, 0) is 32.9 Å². The maximum atomic E-state index is 13.7. The van der Waals surface area contributed by atoms with E-state index >= 15 is 0 Å². The highest BCUT2D eigenvalue weighted by Crippen LogP contribution is 2.25. The number of hydrogen-bond donors (Lipinski definition) is 2. The molecule has 19 heavy (non-hydrogen) atoms. The molecule has 0 radical (unpaired) electrons. The number of nitrogens with two attached hydrogens (primary N) is 1. The topological polar surface area (TPSA) is 64.3 Å². The zero-order valence-electron chi connectivity index (χ0n) is 11.2. The van der Waals surface area contributed by atoms with E-state index in [0.29, 0.717) is 0 Å². The Hall–Kier alpha value is -1.33. The third-order valence-corrected chi connectivity index (χ3v) is 2.60. The fraction of sp³-hybridized carbons (Fsp3) is 0.462. The van der Waals surface area contributed by atoms with Crippen LogP contribution in [0.15, 0.2) is 18.2 Å². The van der Waals surface area contributed by atoms with Gasteiger partial charge in [0.1, 0.15) is 11.4 Å². The predicted octanol–water partition coefficient (Wildman–Crippen LogP) is 3.00. The van der Waals surface area contributed by atoms with Crippen LogP contribution in [0.1, 0.15) is 32.4 Å². The molecule has 1 rings (SSSR count). The van der Waals surface area contributed by atoms with Crippen molar-refractivity contribution < 1.29 is 13.9 Å². The quantitative estimate of drug-likeness (QED) is 0.898. The SMILES string of the molecule is CC(C)(C)OC(=O)NC(CN)c1c(F)cccc1Cl. The molecule has 0 spiro atoms. The van der Waals surface area contributed by atoms with Gasteiger partial charge in [0.2, 0.25) is 0 Å². The van der Waals surface area contributed by atoms with Gasteiger partial charge in [-0.25, -0.2) is 9.18 Å². The van der Waals surface area contributed by atoms with Gasteiger partial charge in [-0.2, -0.15) is 0 Å². The van der Waals surface area contributed by atoms with Crippen LogP contribution in [0.3, 0.4) is 0 Å². The van der Waals surface area contributed by atoms with E-state index in [2.05, 4.69) is 5.32 Å². The molecule has 0 aliphatic carbocycles. The second-order valence-corrected chi connectivity index (χ2v) is 5.48. The van der Waals surface area contributed by atoms with Gasteiger partial charge in [-0.1, -0.05) is 17.7 Å². The maximum absolute atomic E-state index is 13.7. The lowest BCUT2D eigenvalue weighted by Crippen LogP contribution is -2.38. The minimum absolute atomic E-state index is 0.0138. The van der Waals surface area contributed by atoms with E-state index in [1.807, 2.05) is 0 Å². The Morgan fingerprint density at radius 1 is 1.53 bits per heavy atom. The van der Waals surface area contributed by atoms with Crippen LogP contribution in [0.5, 0.6) is 0 Å². The van der Waals surface area contributed by atoms with Crippen molar-refractivity contribution in [3.63, 3.8) is 0 Å². The van der Waals surface area contributed by atoms with Crippen molar-refractivity contribution in [1.29, 1.82) is 0 Å². The Morgan fingerprint density at radius 3 is 2.63 bits per heavy atom. The zero-order chi connectivity index (χ0) is 14.6. The number of benzene rings is 1. The van der Waals surface area contributed by atoms with Gasteiger partial charge in [0, 0.05) is 17.1 Å². The minimum Gasteiger partial charge on any atom is -0.444 e. The Balaban J connectivity index is 2.87. The molecule has 0 aromatic heterocycles. The van der Waals surface area contributed by atoms with Crippen LogP contribution in [0.2, 0.25) is 5.02 Å². The number of alkyl carbamates (subject to hydrolysis) is 1. The lowest BCUT2D eigenvalue weighted by molar-refractivity contribution is 0.0504. The first-order valence-corrected chi connectivity index (χ1v) is 6.26. The van der Waals surface area contributed by atoms with Crippen LogP contribution in [0.4, 0.5) is 9.18 Å². The molecule has 3 N–H and O–H groups in total. The molecule has 0 heterocycles. The Morgan fingerprint density at radius 2 is 2.16 bits per heavy atom. The lowest BCUT2D eigenvalue weighted by Gasteiger charge is -2.23. The summed E-state index contributed by atoms with van der Waals surface area (Å²) in [4.78, 5) is 11.7. The maximum Gasteiger partial charge on any atom is 0.408 e. The normalized spacial score (nSPS) is 12.9. The van der Waals surface area contributed by atoms with Crippen molar-refractivity contribution in [2.75, 3.05) is 6.54 Å². The Bertz CT molecular complexity index is 440. The summed E-state index contributed by atoms with van der Waals surface area (Å²) in [7, 11) is 0. The average molecular weight is 289 g/mol. The molecule has 6 heteroatoms. The monoisotopic (exact) mass is 288 g/mol. The van der Waals surface area contributed by atoms with Crippen molar-refractivity contribution >= 4 is 17.7 Å². The summed E-state index contributed by atoms with van der Waals surface area (Å²) in [5.41, 5.74) is 5.09. The molecular formula is C13H18ClFN2O2. The molecular weight excluding hydrogens is 271 g/mol. The summed E-state index contributed by atoms with van der Waals surface area (Å²) >= 11 is 5.93. The summed E-state index contributed by atoms with van der Waals surface area (Å²) in [6.45, 7) is 5.22. The summed E-state index contributed by atoms with van der Waals surface area (Å²) in [6, 6.07) is 3.56. The summed E-state index contributed by atoms with van der Waals surface area (Å²) in [5.74, 6) is -0.515. The number of hydrogen-bond acceptors (Lipinski definition) is 3. The van der Waals surface area contributed by atoms with Crippen LogP contribution >= 0.6 is 11.6 Å². The number of carbonyl (C=O) groups is 1. The van der Waals surface area contributed by atoms with Crippen LogP contribution in [-0.4, -0.2) is 18.2 Å². The number of rotatable bonds is 3. The van der Waals surface area contributed by atoms with Crippen LogP contribution in [0, 0.1) is 5.82 Å². The second kappa shape index (κ2) is 6.21. The second-order valence-electron chi connectivity index (χ2n) is 5.07. The number of ether oxygens (including phenoxy) is 1. The van der Waals surface area contributed by atoms with Gasteiger partial charge in [-0.3, -0.25) is 0 Å². The van der Waals surface area contributed by atoms with Crippen molar-refractivity contribution in [3.8, 4) is 0 Å². The van der Waals surface area contributed by atoms with Gasteiger partial charge in [0.05, 0.1) is 6.04 Å². The van der Waals surface area contributed by atoms with E-state index in [-0.39, 0.29) is 17.1 Å². The predicted molar refractivity (Wildman–Crippen MR) is 72.6 cm³/mol. The first-order valence-electron chi connectivity index (χ1n) is 5.88. The highest BCUT2D eigenvalue weighted by molar-refractivity contribution is 6.31. The summed E-state index contributed by atoms with van der Waals surface area (Å²) < 4.78 is 18.8. The number of halogens is 2. The molecule has 4 nitrogen and oxygen atoms in total. The van der Waals surface area contributed by atoms with Gasteiger partial charge >= 0.3 is 6.09 Å². The zero-order valence-corrected chi connectivity index (χ0v) is 11.9. The smallest absolute Gasteiger partial charge is 0.408 e. The highest BCUT2D eigenvalue weighted by Gasteiger charge is 2.23. The molecule has 0 bridgehead atoms. The fourth-order valence-corrected chi connectivity index (χ4v) is 1.84. The molecule has 0 aliphatic rings. The van der Waals surface area contributed by atoms with Crippen molar-refractivity contribution in [3.05, 3.63) is 34.6 Å². The van der Waals surface area contributed by atoms with Gasteiger partial charge in [0.25, 0.3) is 0 Å². The van der Waals surface area contributed by atoms with E-state index < -0.39 is 23.6 Å². The molecule has 0 saturated heterocycles. The fourth-order valence-electron chi connectivity index (χ4n) is 1.54. The largest absolute Gasteiger partial charge is 0.444 e. The highest BCUT2D eigenvalue weighted by atomic mass is 35.5. The van der Waals surface area contributed by atoms with Gasteiger partial charge < -0.3 is 15.8 Å². The molecule has 1 unspecified atom stereocenters. The lowest BCUT2D eigenvalue weighted by atomic mass is 10.1. The van der Waals surface area contributed by atoms with E-state index in [0.717, 1.165) is 0 Å². The minimum atomic E-state index is -0.733.